The third kappa shape index (κ3) is 6.25. The maximum absolute atomic E-state index is 13.6. The maximum atomic E-state index is 13.6. The van der Waals surface area contributed by atoms with Crippen LogP contribution in [-0.2, 0) is 17.8 Å². The van der Waals surface area contributed by atoms with E-state index in [4.69, 9.17) is 23.2 Å². The van der Waals surface area contributed by atoms with Gasteiger partial charge in [-0.2, -0.15) is 0 Å². The fourth-order valence-corrected chi connectivity index (χ4v) is 5.01. The Kier molecular flexibility index (Phi) is 8.72. The summed E-state index contributed by atoms with van der Waals surface area (Å²) in [4.78, 5) is 34.6. The number of hydrogen-bond donors (Lipinski definition) is 1. The van der Waals surface area contributed by atoms with Crippen LogP contribution in [0.15, 0.2) is 54.7 Å². The third-order valence-electron chi connectivity index (χ3n) is 5.26. The minimum Gasteiger partial charge on any atom is -0.480 e. The highest BCUT2D eigenvalue weighted by Crippen LogP contribution is 2.28. The second-order valence-corrected chi connectivity index (χ2v) is 9.32. The molecule has 0 aliphatic heterocycles. The van der Waals surface area contributed by atoms with Crippen LogP contribution in [0.1, 0.15) is 34.6 Å². The van der Waals surface area contributed by atoms with E-state index in [9.17, 15) is 14.7 Å². The van der Waals surface area contributed by atoms with E-state index in [1.54, 1.807) is 12.3 Å². The second kappa shape index (κ2) is 11.5. The van der Waals surface area contributed by atoms with Crippen molar-refractivity contribution < 1.29 is 14.7 Å². The molecule has 3 rings (SSSR count). The molecule has 0 saturated carbocycles. The van der Waals surface area contributed by atoms with Gasteiger partial charge < -0.3 is 14.9 Å². The van der Waals surface area contributed by atoms with Gasteiger partial charge in [-0.05, 0) is 37.6 Å². The third-order valence-corrected chi connectivity index (χ3v) is 6.85. The van der Waals surface area contributed by atoms with Crippen molar-refractivity contribution in [2.75, 3.05) is 18.0 Å². The van der Waals surface area contributed by atoms with E-state index in [0.717, 1.165) is 28.7 Å². The number of carbonyl (C=O) groups is 2. The molecular formula is C24H25Cl2N3O3S. The highest BCUT2D eigenvalue weighted by Gasteiger charge is 2.32. The van der Waals surface area contributed by atoms with Gasteiger partial charge in [-0.1, -0.05) is 53.5 Å². The molecule has 0 radical (unpaired) electrons. The van der Waals surface area contributed by atoms with Crippen LogP contribution in [-0.4, -0.2) is 46.0 Å². The zero-order valence-electron chi connectivity index (χ0n) is 18.4. The molecule has 0 fully saturated rings. The molecule has 6 nitrogen and oxygen atoms in total. The highest BCUT2D eigenvalue weighted by atomic mass is 35.5. The number of thiazole rings is 1. The molecule has 9 heteroatoms. The summed E-state index contributed by atoms with van der Waals surface area (Å²) < 4.78 is 0. The van der Waals surface area contributed by atoms with E-state index in [1.165, 1.54) is 28.4 Å². The molecule has 0 spiro atoms. The average molecular weight is 506 g/mol. The van der Waals surface area contributed by atoms with Gasteiger partial charge in [-0.15, -0.1) is 11.3 Å². The SMILES string of the molecule is CCN(CC)c1ncc(CN(C(=O)c2ccc(Cl)cc2Cl)[C@@H](Cc2ccccc2)C(=O)O)s1. The quantitative estimate of drug-likeness (QED) is 0.386. The first-order valence-corrected chi connectivity index (χ1v) is 12.1. The summed E-state index contributed by atoms with van der Waals surface area (Å²) in [7, 11) is 0. The predicted octanol–water partition coefficient (Wildman–Crippen LogP) is 5.63. The standard InChI is InChI=1S/C24H25Cl2N3O3S/c1-3-28(4-2)24-27-14-18(33-24)15-29(22(30)19-11-10-17(25)13-20(19)26)21(23(31)32)12-16-8-6-5-7-9-16/h5-11,13-14,21H,3-4,12,15H2,1-2H3,(H,31,32)/t21-/m0/s1. The summed E-state index contributed by atoms with van der Waals surface area (Å²) in [5.74, 6) is -1.57. The number of anilines is 1. The first-order chi connectivity index (χ1) is 15.8. The Balaban J connectivity index is 1.99. The summed E-state index contributed by atoms with van der Waals surface area (Å²) >= 11 is 13.7. The first-order valence-electron chi connectivity index (χ1n) is 10.6. The van der Waals surface area contributed by atoms with Crippen LogP contribution in [0.4, 0.5) is 5.13 Å². The number of carboxylic acids is 1. The number of aliphatic carboxylic acids is 1. The number of carboxylic acid groups (broad SMARTS) is 1. The average Bonchev–Trinajstić information content (AvgIpc) is 3.25. The molecule has 174 valence electrons. The van der Waals surface area contributed by atoms with Crippen molar-refractivity contribution in [2.45, 2.75) is 32.9 Å². The van der Waals surface area contributed by atoms with E-state index < -0.39 is 17.9 Å². The summed E-state index contributed by atoms with van der Waals surface area (Å²) in [6, 6.07) is 12.7. The molecule has 33 heavy (non-hydrogen) atoms. The van der Waals surface area contributed by atoms with E-state index in [-0.39, 0.29) is 23.6 Å². The summed E-state index contributed by atoms with van der Waals surface area (Å²) in [6.07, 6.45) is 1.86. The van der Waals surface area contributed by atoms with Crippen molar-refractivity contribution in [2.24, 2.45) is 0 Å². The van der Waals surface area contributed by atoms with Gasteiger partial charge in [0.1, 0.15) is 6.04 Å². The summed E-state index contributed by atoms with van der Waals surface area (Å²) in [5, 5.41) is 11.5. The van der Waals surface area contributed by atoms with Crippen LogP contribution >= 0.6 is 34.5 Å². The Morgan fingerprint density at radius 2 is 1.79 bits per heavy atom. The Labute approximate surface area is 207 Å². The van der Waals surface area contributed by atoms with Gasteiger partial charge in [0.2, 0.25) is 0 Å². The van der Waals surface area contributed by atoms with Gasteiger partial charge >= 0.3 is 5.97 Å². The van der Waals surface area contributed by atoms with Crippen LogP contribution in [0.3, 0.4) is 0 Å². The predicted molar refractivity (Wildman–Crippen MR) is 134 cm³/mol. The maximum Gasteiger partial charge on any atom is 0.326 e. The van der Waals surface area contributed by atoms with Gasteiger partial charge in [0, 0.05) is 35.6 Å². The van der Waals surface area contributed by atoms with Crippen molar-refractivity contribution in [1.29, 1.82) is 0 Å². The van der Waals surface area contributed by atoms with Gasteiger partial charge in [0.25, 0.3) is 5.91 Å². The molecule has 1 amide bonds. The van der Waals surface area contributed by atoms with E-state index in [1.807, 2.05) is 44.2 Å². The fourth-order valence-electron chi connectivity index (χ4n) is 3.49. The number of nitrogens with zero attached hydrogens (tertiary/aromatic N) is 3. The van der Waals surface area contributed by atoms with Gasteiger partial charge in [0.05, 0.1) is 17.1 Å². The fraction of sp³-hybridized carbons (Fsp3) is 0.292. The van der Waals surface area contributed by atoms with Gasteiger partial charge in [0.15, 0.2) is 5.13 Å². The van der Waals surface area contributed by atoms with Crippen LogP contribution in [0.25, 0.3) is 0 Å². The molecule has 3 aromatic rings. The van der Waals surface area contributed by atoms with E-state index in [2.05, 4.69) is 9.88 Å². The zero-order chi connectivity index (χ0) is 24.0. The van der Waals surface area contributed by atoms with Gasteiger partial charge in [-0.3, -0.25) is 4.79 Å². The number of hydrogen-bond acceptors (Lipinski definition) is 5. The zero-order valence-corrected chi connectivity index (χ0v) is 20.7. The largest absolute Gasteiger partial charge is 0.480 e. The number of rotatable bonds is 10. The van der Waals surface area contributed by atoms with Crippen molar-refractivity contribution in [3.8, 4) is 0 Å². The minimum absolute atomic E-state index is 0.0977. The molecule has 0 bridgehead atoms. The lowest BCUT2D eigenvalue weighted by molar-refractivity contribution is -0.142. The number of benzene rings is 2. The molecule has 1 atom stereocenters. The van der Waals surface area contributed by atoms with Crippen molar-refractivity contribution in [1.82, 2.24) is 9.88 Å². The van der Waals surface area contributed by atoms with Crippen LogP contribution < -0.4 is 4.90 Å². The topological polar surface area (TPSA) is 73.7 Å². The van der Waals surface area contributed by atoms with Crippen LogP contribution in [0.2, 0.25) is 10.0 Å². The molecular weight excluding hydrogens is 481 g/mol. The molecule has 0 unspecified atom stereocenters. The lowest BCUT2D eigenvalue weighted by Crippen LogP contribution is -2.46. The number of carbonyl (C=O) groups excluding carboxylic acids is 1. The number of aromatic nitrogens is 1. The van der Waals surface area contributed by atoms with E-state index >= 15 is 0 Å². The van der Waals surface area contributed by atoms with Crippen molar-refractivity contribution in [3.63, 3.8) is 0 Å². The Morgan fingerprint density at radius 3 is 2.39 bits per heavy atom. The Morgan fingerprint density at radius 1 is 1.09 bits per heavy atom. The number of amides is 1. The van der Waals surface area contributed by atoms with Crippen LogP contribution in [0, 0.1) is 0 Å². The molecule has 0 aliphatic rings. The Bertz CT molecular complexity index is 1100. The lowest BCUT2D eigenvalue weighted by atomic mass is 10.0. The van der Waals surface area contributed by atoms with Gasteiger partial charge in [-0.25, -0.2) is 9.78 Å². The highest BCUT2D eigenvalue weighted by molar-refractivity contribution is 7.15. The monoisotopic (exact) mass is 505 g/mol. The summed E-state index contributed by atoms with van der Waals surface area (Å²) in [6.45, 7) is 5.80. The second-order valence-electron chi connectivity index (χ2n) is 7.38. The molecule has 1 heterocycles. The van der Waals surface area contributed by atoms with Crippen LogP contribution in [0.5, 0.6) is 0 Å². The molecule has 1 N–H and O–H groups in total. The van der Waals surface area contributed by atoms with E-state index in [0.29, 0.717) is 5.02 Å². The molecule has 2 aromatic carbocycles. The lowest BCUT2D eigenvalue weighted by Gasteiger charge is -2.29. The van der Waals surface area contributed by atoms with Crippen molar-refractivity contribution in [3.05, 3.63) is 80.8 Å². The molecule has 0 aliphatic carbocycles. The smallest absolute Gasteiger partial charge is 0.326 e. The molecule has 1 aromatic heterocycles. The summed E-state index contributed by atoms with van der Waals surface area (Å²) in [5.41, 5.74) is 1.02. The Hall–Kier alpha value is -2.61. The minimum atomic E-state index is -1.09. The number of halogens is 2. The first kappa shape index (κ1) is 25.0. The van der Waals surface area contributed by atoms with Crippen molar-refractivity contribution >= 4 is 51.5 Å². The normalized spacial score (nSPS) is 11.8. The molecule has 0 saturated heterocycles.